The molecule has 0 rings (SSSR count). The largest absolute Gasteiger partial charge is 0.463 e. The lowest BCUT2D eigenvalue weighted by atomic mass is 9.87. The van der Waals surface area contributed by atoms with Gasteiger partial charge in [0.1, 0.15) is 0 Å². The molecule has 0 saturated carbocycles. The van der Waals surface area contributed by atoms with Gasteiger partial charge in [-0.3, -0.25) is 0 Å². The van der Waals surface area contributed by atoms with Gasteiger partial charge < -0.3 is 4.74 Å². The smallest absolute Gasteiger partial charge is 0.460 e. The average molecular weight is 532 g/mol. The summed E-state index contributed by atoms with van der Waals surface area (Å²) in [7, 11) is 0. The average Bonchev–Trinajstić information content (AvgIpc) is 2.59. The molecule has 0 aliphatic rings. The number of hydrogen-bond donors (Lipinski definition) is 0. The van der Waals surface area contributed by atoms with Crippen molar-refractivity contribution in [2.24, 2.45) is 0 Å². The van der Waals surface area contributed by atoms with Crippen LogP contribution in [0.4, 0.5) is 74.6 Å². The summed E-state index contributed by atoms with van der Waals surface area (Å²) in [4.78, 5) is 11.0. The van der Waals surface area contributed by atoms with Crippen LogP contribution in [0.3, 0.4) is 0 Å². The van der Waals surface area contributed by atoms with Crippen LogP contribution in [0.25, 0.3) is 0 Å². The van der Waals surface area contributed by atoms with Gasteiger partial charge in [-0.25, -0.2) is 4.79 Å². The van der Waals surface area contributed by atoms with Gasteiger partial charge in [-0.2, -0.15) is 74.6 Å². The monoisotopic (exact) mass is 532 g/mol. The van der Waals surface area contributed by atoms with Crippen molar-refractivity contribution in [3.63, 3.8) is 0 Å². The number of rotatable bonds is 10. The van der Waals surface area contributed by atoms with Crippen LogP contribution in [0.2, 0.25) is 0 Å². The van der Waals surface area contributed by atoms with Gasteiger partial charge in [-0.15, -0.1) is 0 Å². The summed E-state index contributed by atoms with van der Waals surface area (Å²) in [5.41, 5.74) is -1.85. The Labute approximate surface area is 171 Å². The van der Waals surface area contributed by atoms with Crippen LogP contribution in [0.15, 0.2) is 12.2 Å². The molecule has 0 unspecified atom stereocenters. The summed E-state index contributed by atoms with van der Waals surface area (Å²) in [6.07, 6.45) is -10.8. The van der Waals surface area contributed by atoms with Crippen molar-refractivity contribution in [2.45, 2.75) is 61.0 Å². The topological polar surface area (TPSA) is 26.3 Å². The normalized spacial score (nSPS) is 15.5. The third kappa shape index (κ3) is 4.42. The Morgan fingerprint density at radius 2 is 0.909 bits per heavy atom. The Bertz CT molecular complexity index is 749. The predicted octanol–water partition coefficient (Wildman–Crippen LogP) is 6.51. The van der Waals surface area contributed by atoms with Crippen LogP contribution in [0.5, 0.6) is 0 Å². The molecule has 0 atom stereocenters. The lowest BCUT2D eigenvalue weighted by molar-refractivity contribution is -0.461. The lowest BCUT2D eigenvalue weighted by Crippen LogP contribution is -2.74. The minimum atomic E-state index is -8.69. The number of alkyl halides is 17. The number of halogens is 17. The molecule has 0 aliphatic carbocycles. The molecule has 196 valence electrons. The first-order chi connectivity index (χ1) is 14.1. The second-order valence-electron chi connectivity index (χ2n) is 6.15. The highest BCUT2D eigenvalue weighted by molar-refractivity contribution is 5.87. The van der Waals surface area contributed by atoms with Crippen molar-refractivity contribution in [1.82, 2.24) is 0 Å². The van der Waals surface area contributed by atoms with E-state index in [9.17, 15) is 79.4 Å². The summed E-state index contributed by atoms with van der Waals surface area (Å²) in [5.74, 6) is -59.1. The highest BCUT2D eigenvalue weighted by atomic mass is 19.4. The number of carbonyl (C=O) groups is 1. The van der Waals surface area contributed by atoms with Gasteiger partial charge in [0.15, 0.2) is 0 Å². The Morgan fingerprint density at radius 3 is 1.21 bits per heavy atom. The van der Waals surface area contributed by atoms with E-state index >= 15 is 0 Å². The Kier molecular flexibility index (Phi) is 7.85. The van der Waals surface area contributed by atoms with E-state index in [-0.39, 0.29) is 0 Å². The summed E-state index contributed by atoms with van der Waals surface area (Å²) >= 11 is 0. The van der Waals surface area contributed by atoms with Crippen LogP contribution in [0, 0.1) is 0 Å². The maximum atomic E-state index is 13.6. The second-order valence-corrected chi connectivity index (χ2v) is 6.15. The quantitative estimate of drug-likeness (QED) is 0.182. The molecule has 0 fully saturated rings. The molecule has 0 aliphatic heterocycles. The highest BCUT2D eigenvalue weighted by Gasteiger charge is 2.95. The molecule has 0 N–H and O–H groups in total. The maximum absolute atomic E-state index is 13.6. The first kappa shape index (κ1) is 31.0. The number of carbonyl (C=O) groups excluding carboxylic acids is 1. The van der Waals surface area contributed by atoms with Crippen LogP contribution in [-0.2, 0) is 9.53 Å². The SMILES string of the molecule is C=C(CC(F)(F)C(F)(F)C(F)(F)C(F)(F)C(F)(F)C(F)(F)C(F)(F)C(F)(F)F)C(=O)OCC. The van der Waals surface area contributed by atoms with E-state index in [4.69, 9.17) is 0 Å². The molecule has 2 nitrogen and oxygen atoms in total. The van der Waals surface area contributed by atoms with Crippen molar-refractivity contribution < 1.29 is 84.2 Å². The predicted molar refractivity (Wildman–Crippen MR) is 71.1 cm³/mol. The zero-order valence-electron chi connectivity index (χ0n) is 15.4. The first-order valence-electron chi connectivity index (χ1n) is 7.68. The van der Waals surface area contributed by atoms with Crippen molar-refractivity contribution >= 4 is 5.97 Å². The maximum Gasteiger partial charge on any atom is 0.460 e. The van der Waals surface area contributed by atoms with Crippen molar-refractivity contribution in [2.75, 3.05) is 6.61 Å². The second kappa shape index (κ2) is 8.35. The van der Waals surface area contributed by atoms with E-state index in [1.165, 1.54) is 0 Å². The van der Waals surface area contributed by atoms with Gasteiger partial charge in [0, 0.05) is 12.0 Å². The highest BCUT2D eigenvalue weighted by Crippen LogP contribution is 2.64. The van der Waals surface area contributed by atoms with Crippen molar-refractivity contribution in [3.8, 4) is 0 Å². The molecule has 0 heterocycles. The molecule has 0 aromatic carbocycles. The molecule has 0 aromatic heterocycles. The van der Waals surface area contributed by atoms with Crippen molar-refractivity contribution in [1.29, 1.82) is 0 Å². The molecule has 0 radical (unpaired) electrons. The summed E-state index contributed by atoms with van der Waals surface area (Å²) < 4.78 is 226. The minimum Gasteiger partial charge on any atom is -0.463 e. The fourth-order valence-electron chi connectivity index (χ4n) is 1.88. The molecule has 0 amide bonds. The third-order valence-electron chi connectivity index (χ3n) is 3.79. The van der Waals surface area contributed by atoms with Crippen LogP contribution < -0.4 is 0 Å². The molecule has 33 heavy (non-hydrogen) atoms. The number of hydrogen-bond acceptors (Lipinski definition) is 2. The zero-order chi connectivity index (χ0) is 27.3. The fourth-order valence-corrected chi connectivity index (χ4v) is 1.88. The Hall–Kier alpha value is -1.98. The minimum absolute atomic E-state index is 0.664. The molecular weight excluding hydrogens is 523 g/mol. The Balaban J connectivity index is 6.59. The van der Waals surface area contributed by atoms with Gasteiger partial charge in [-0.05, 0) is 6.92 Å². The number of ether oxygens (including phenoxy) is 1. The van der Waals surface area contributed by atoms with Gasteiger partial charge >= 0.3 is 53.6 Å². The summed E-state index contributed by atoms with van der Waals surface area (Å²) in [6, 6.07) is 0. The first-order valence-corrected chi connectivity index (χ1v) is 7.68. The third-order valence-corrected chi connectivity index (χ3v) is 3.79. The molecule has 0 spiro atoms. The standard InChI is InChI=1S/C14H9F17O2/c1-3-33-6(32)5(2)4-7(15,16)8(17,18)9(19,20)10(21,22)11(23,24)12(25,26)13(27,28)14(29,30)31/h2-4H2,1H3. The van der Waals surface area contributed by atoms with E-state index in [2.05, 4.69) is 11.3 Å². The van der Waals surface area contributed by atoms with Gasteiger partial charge in [-0.1, -0.05) is 6.58 Å². The lowest BCUT2D eigenvalue weighted by Gasteiger charge is -2.42. The van der Waals surface area contributed by atoms with E-state index in [0.29, 0.717) is 0 Å². The van der Waals surface area contributed by atoms with Crippen LogP contribution >= 0.6 is 0 Å². The number of esters is 1. The fraction of sp³-hybridized carbons (Fsp3) is 0.786. The summed E-state index contributed by atoms with van der Waals surface area (Å²) in [5, 5.41) is 0. The van der Waals surface area contributed by atoms with Gasteiger partial charge in [0.25, 0.3) is 0 Å². The van der Waals surface area contributed by atoms with E-state index in [1.807, 2.05) is 0 Å². The molecule has 19 heteroatoms. The molecule has 0 aromatic rings. The van der Waals surface area contributed by atoms with E-state index in [1.54, 1.807) is 0 Å². The van der Waals surface area contributed by atoms with Gasteiger partial charge in [0.2, 0.25) is 0 Å². The molecular formula is C14H9F17O2. The van der Waals surface area contributed by atoms with Gasteiger partial charge in [0.05, 0.1) is 6.61 Å². The van der Waals surface area contributed by atoms with E-state index in [0.717, 1.165) is 6.92 Å². The zero-order valence-corrected chi connectivity index (χ0v) is 15.4. The van der Waals surface area contributed by atoms with Crippen LogP contribution in [-0.4, -0.2) is 60.2 Å². The van der Waals surface area contributed by atoms with E-state index < -0.39 is 72.2 Å². The van der Waals surface area contributed by atoms with Crippen molar-refractivity contribution in [3.05, 3.63) is 12.2 Å². The van der Waals surface area contributed by atoms with Crippen LogP contribution in [0.1, 0.15) is 13.3 Å². The Morgan fingerprint density at radius 1 is 0.606 bits per heavy atom. The molecule has 0 bridgehead atoms. The summed E-state index contributed by atoms with van der Waals surface area (Å²) in [6.45, 7) is 2.68. The molecule has 0 saturated heterocycles.